The minimum Gasteiger partial charge on any atom is -0.508 e. The van der Waals surface area contributed by atoms with Gasteiger partial charge >= 0.3 is 0 Å². The van der Waals surface area contributed by atoms with Gasteiger partial charge in [0.1, 0.15) is 5.75 Å². The van der Waals surface area contributed by atoms with E-state index in [1.165, 1.54) is 18.2 Å². The summed E-state index contributed by atoms with van der Waals surface area (Å²) < 4.78 is 0. The second-order valence-corrected chi connectivity index (χ2v) is 5.09. The van der Waals surface area contributed by atoms with Crippen LogP contribution in [0, 0.1) is 0 Å². The monoisotopic (exact) mass is 304 g/mol. The number of phenols is 1. The van der Waals surface area contributed by atoms with Gasteiger partial charge in [-0.1, -0.05) is 30.7 Å². The Hall–Kier alpha value is -2.20. The normalized spacial score (nSPS) is 10.4. The molecule has 0 saturated carbocycles. The maximum atomic E-state index is 12.7. The summed E-state index contributed by atoms with van der Waals surface area (Å²) in [4.78, 5) is 14.3. The number of carbonyl (C=O) groups excluding carboxylic acids is 1. The number of aromatic hydroxyl groups is 1. The molecule has 0 aliphatic carbocycles. The lowest BCUT2D eigenvalue weighted by Gasteiger charge is -2.24. The number of amides is 1. The van der Waals surface area contributed by atoms with Crippen LogP contribution in [0.2, 0.25) is 5.02 Å². The molecule has 2 aromatic carbocycles. The molecule has 2 rings (SSSR count). The quantitative estimate of drug-likeness (QED) is 0.847. The van der Waals surface area contributed by atoms with Crippen molar-refractivity contribution in [3.05, 3.63) is 53.1 Å². The van der Waals surface area contributed by atoms with Gasteiger partial charge in [-0.2, -0.15) is 0 Å². The second-order valence-electron chi connectivity index (χ2n) is 4.68. The van der Waals surface area contributed by atoms with Crippen molar-refractivity contribution >= 4 is 28.9 Å². The molecule has 0 aliphatic rings. The summed E-state index contributed by atoms with van der Waals surface area (Å²) in [6.07, 6.45) is 0.774. The number of phenolic OH excluding ortho intramolecular Hbond substituents is 1. The van der Waals surface area contributed by atoms with Gasteiger partial charge < -0.3 is 15.7 Å². The van der Waals surface area contributed by atoms with E-state index < -0.39 is 0 Å². The first-order chi connectivity index (χ1) is 10.0. The van der Waals surface area contributed by atoms with Crippen molar-refractivity contribution in [2.75, 3.05) is 17.2 Å². The molecule has 4 nitrogen and oxygen atoms in total. The molecule has 21 heavy (non-hydrogen) atoms. The molecule has 1 amide bonds. The number of para-hydroxylation sites is 2. The van der Waals surface area contributed by atoms with Crippen molar-refractivity contribution < 1.29 is 9.90 Å². The Morgan fingerprint density at radius 2 is 2.00 bits per heavy atom. The highest BCUT2D eigenvalue weighted by Crippen LogP contribution is 2.28. The number of hydrogen-bond donors (Lipinski definition) is 2. The van der Waals surface area contributed by atoms with Gasteiger partial charge in [-0.3, -0.25) is 4.79 Å². The van der Waals surface area contributed by atoms with Crippen LogP contribution in [0.4, 0.5) is 11.4 Å². The zero-order valence-corrected chi connectivity index (χ0v) is 12.5. The Labute approximate surface area is 128 Å². The smallest absolute Gasteiger partial charge is 0.259 e. The van der Waals surface area contributed by atoms with E-state index >= 15 is 0 Å². The first-order valence-electron chi connectivity index (χ1n) is 6.69. The second kappa shape index (κ2) is 6.50. The summed E-state index contributed by atoms with van der Waals surface area (Å²) >= 11 is 6.07. The number of nitrogen functional groups attached to an aromatic ring is 1. The van der Waals surface area contributed by atoms with E-state index in [4.69, 9.17) is 17.3 Å². The number of nitrogens with zero attached hydrogens (tertiary/aromatic N) is 1. The average Bonchev–Trinajstić information content (AvgIpc) is 2.47. The van der Waals surface area contributed by atoms with Crippen LogP contribution in [-0.4, -0.2) is 17.6 Å². The lowest BCUT2D eigenvalue weighted by molar-refractivity contribution is 0.0986. The molecule has 0 fully saturated rings. The van der Waals surface area contributed by atoms with E-state index in [0.29, 0.717) is 22.9 Å². The van der Waals surface area contributed by atoms with Crippen LogP contribution in [0.5, 0.6) is 5.75 Å². The molecule has 0 spiro atoms. The van der Waals surface area contributed by atoms with Crippen LogP contribution >= 0.6 is 11.6 Å². The number of carbonyl (C=O) groups is 1. The van der Waals surface area contributed by atoms with E-state index in [9.17, 15) is 9.90 Å². The van der Waals surface area contributed by atoms with Gasteiger partial charge in [0.15, 0.2) is 0 Å². The Morgan fingerprint density at radius 3 is 2.67 bits per heavy atom. The van der Waals surface area contributed by atoms with E-state index in [-0.39, 0.29) is 17.2 Å². The molecule has 0 heterocycles. The maximum absolute atomic E-state index is 12.7. The Bertz CT molecular complexity index is 658. The first kappa shape index (κ1) is 15.2. The largest absolute Gasteiger partial charge is 0.508 e. The zero-order chi connectivity index (χ0) is 15.4. The van der Waals surface area contributed by atoms with Gasteiger partial charge in [-0.05, 0) is 36.8 Å². The molecule has 0 aromatic heterocycles. The summed E-state index contributed by atoms with van der Waals surface area (Å²) in [5, 5.41) is 9.87. The van der Waals surface area contributed by atoms with Gasteiger partial charge in [-0.25, -0.2) is 0 Å². The molecular formula is C16H17ClN2O2. The molecule has 5 heteroatoms. The molecule has 2 aromatic rings. The fraction of sp³-hybridized carbons (Fsp3) is 0.188. The van der Waals surface area contributed by atoms with Crippen molar-refractivity contribution in [1.29, 1.82) is 0 Å². The van der Waals surface area contributed by atoms with Crippen molar-refractivity contribution in [3.63, 3.8) is 0 Å². The first-order valence-corrected chi connectivity index (χ1v) is 7.07. The van der Waals surface area contributed by atoms with Crippen LogP contribution < -0.4 is 10.6 Å². The third kappa shape index (κ3) is 3.28. The number of nitrogens with two attached hydrogens (primary N) is 1. The SMILES string of the molecule is CCCN(C(=O)c1cc(O)ccc1Cl)c1ccccc1N. The number of hydrogen-bond acceptors (Lipinski definition) is 3. The number of anilines is 2. The molecular weight excluding hydrogens is 288 g/mol. The standard InChI is InChI=1S/C16H17ClN2O2/c1-2-9-19(15-6-4-3-5-14(15)18)16(21)12-10-11(20)7-8-13(12)17/h3-8,10,20H,2,9,18H2,1H3. The summed E-state index contributed by atoms with van der Waals surface area (Å²) in [7, 11) is 0. The fourth-order valence-electron chi connectivity index (χ4n) is 2.11. The van der Waals surface area contributed by atoms with E-state index in [1.807, 2.05) is 19.1 Å². The van der Waals surface area contributed by atoms with Crippen molar-refractivity contribution in [2.24, 2.45) is 0 Å². The van der Waals surface area contributed by atoms with Crippen molar-refractivity contribution in [3.8, 4) is 5.75 Å². The van der Waals surface area contributed by atoms with Gasteiger partial charge in [-0.15, -0.1) is 0 Å². The molecule has 0 atom stereocenters. The van der Waals surface area contributed by atoms with Gasteiger partial charge in [0.2, 0.25) is 0 Å². The minimum atomic E-state index is -0.282. The molecule has 0 aliphatic heterocycles. The molecule has 0 saturated heterocycles. The third-order valence-corrected chi connectivity index (χ3v) is 3.43. The summed E-state index contributed by atoms with van der Waals surface area (Å²) in [5.74, 6) is -0.282. The third-order valence-electron chi connectivity index (χ3n) is 3.10. The highest BCUT2D eigenvalue weighted by molar-refractivity contribution is 6.34. The number of benzene rings is 2. The Kier molecular flexibility index (Phi) is 4.70. The average molecular weight is 305 g/mol. The van der Waals surface area contributed by atoms with Gasteiger partial charge in [0.05, 0.1) is 22.0 Å². The van der Waals surface area contributed by atoms with Gasteiger partial charge in [0, 0.05) is 6.54 Å². The van der Waals surface area contributed by atoms with Crippen LogP contribution in [-0.2, 0) is 0 Å². The van der Waals surface area contributed by atoms with Crippen LogP contribution in [0.3, 0.4) is 0 Å². The number of rotatable bonds is 4. The number of halogens is 1. The highest BCUT2D eigenvalue weighted by Gasteiger charge is 2.21. The predicted molar refractivity (Wildman–Crippen MR) is 85.9 cm³/mol. The lowest BCUT2D eigenvalue weighted by atomic mass is 10.1. The predicted octanol–water partition coefficient (Wildman–Crippen LogP) is 3.68. The Morgan fingerprint density at radius 1 is 1.29 bits per heavy atom. The van der Waals surface area contributed by atoms with Gasteiger partial charge in [0.25, 0.3) is 5.91 Å². The maximum Gasteiger partial charge on any atom is 0.259 e. The van der Waals surface area contributed by atoms with E-state index in [2.05, 4.69) is 0 Å². The van der Waals surface area contributed by atoms with E-state index in [1.54, 1.807) is 17.0 Å². The molecule has 0 bridgehead atoms. The molecule has 0 unspecified atom stereocenters. The van der Waals surface area contributed by atoms with Crippen LogP contribution in [0.15, 0.2) is 42.5 Å². The van der Waals surface area contributed by atoms with E-state index in [0.717, 1.165) is 6.42 Å². The highest BCUT2D eigenvalue weighted by atomic mass is 35.5. The molecule has 110 valence electrons. The van der Waals surface area contributed by atoms with Crippen LogP contribution in [0.25, 0.3) is 0 Å². The summed E-state index contributed by atoms with van der Waals surface area (Å²) in [5.41, 5.74) is 7.38. The topological polar surface area (TPSA) is 66.6 Å². The van der Waals surface area contributed by atoms with Crippen molar-refractivity contribution in [2.45, 2.75) is 13.3 Å². The zero-order valence-electron chi connectivity index (χ0n) is 11.7. The summed E-state index contributed by atoms with van der Waals surface area (Å²) in [6, 6.07) is 11.5. The van der Waals surface area contributed by atoms with Crippen molar-refractivity contribution in [1.82, 2.24) is 0 Å². The fourth-order valence-corrected chi connectivity index (χ4v) is 2.31. The summed E-state index contributed by atoms with van der Waals surface area (Å²) in [6.45, 7) is 2.49. The molecule has 0 radical (unpaired) electrons. The molecule has 3 N–H and O–H groups in total. The minimum absolute atomic E-state index is 0.000215. The Balaban J connectivity index is 2.45. The van der Waals surface area contributed by atoms with Crippen LogP contribution in [0.1, 0.15) is 23.7 Å². The lowest BCUT2D eigenvalue weighted by Crippen LogP contribution is -2.32.